The first kappa shape index (κ1) is 19.3. The van der Waals surface area contributed by atoms with E-state index in [1.54, 1.807) is 0 Å². The van der Waals surface area contributed by atoms with Gasteiger partial charge in [0.2, 0.25) is 5.91 Å². The van der Waals surface area contributed by atoms with Crippen LogP contribution in [0.2, 0.25) is 0 Å². The highest BCUT2D eigenvalue weighted by Gasteiger charge is 2.51. The van der Waals surface area contributed by atoms with Crippen molar-refractivity contribution in [3.05, 3.63) is 41.3 Å². The van der Waals surface area contributed by atoms with Crippen molar-refractivity contribution in [1.82, 2.24) is 19.6 Å². The number of hydrogen-bond acceptors (Lipinski definition) is 4. The molecule has 156 valence electrons. The largest absolute Gasteiger partial charge is 0.342 e. The number of nitrogens with zero attached hydrogens (tertiary/aromatic N) is 4. The molecule has 0 bridgehead atoms. The van der Waals surface area contributed by atoms with Crippen LogP contribution in [-0.2, 0) is 11.8 Å². The van der Waals surface area contributed by atoms with Gasteiger partial charge in [-0.3, -0.25) is 14.3 Å². The molecule has 1 atom stereocenters. The summed E-state index contributed by atoms with van der Waals surface area (Å²) in [6, 6.07) is 12.0. The first-order valence-corrected chi connectivity index (χ1v) is 11.4. The van der Waals surface area contributed by atoms with Gasteiger partial charge in [-0.25, -0.2) is 0 Å². The standard InChI is InChI=1S/C23H26N4O2S/c1-3-11-26-12-9-23(22(26)29)10-13-27(15-23)20(28)18-14-17-19(16-7-5-4-6-8-16)24-25(2)21(17)30-18/h4-8,14H,3,9-13,15H2,1-2H3. The Labute approximate surface area is 180 Å². The molecule has 4 heterocycles. The molecule has 2 saturated heterocycles. The van der Waals surface area contributed by atoms with Gasteiger partial charge in [0.05, 0.1) is 10.3 Å². The Kier molecular flexibility index (Phi) is 4.65. The third-order valence-corrected chi connectivity index (χ3v) is 7.70. The number of rotatable bonds is 4. The van der Waals surface area contributed by atoms with Crippen LogP contribution in [0.5, 0.6) is 0 Å². The summed E-state index contributed by atoms with van der Waals surface area (Å²) in [7, 11) is 1.92. The number of carbonyl (C=O) groups is 2. The minimum Gasteiger partial charge on any atom is -0.342 e. The second kappa shape index (κ2) is 7.23. The summed E-state index contributed by atoms with van der Waals surface area (Å²) in [4.78, 5) is 31.8. The van der Waals surface area contributed by atoms with Crippen LogP contribution in [0.25, 0.3) is 21.5 Å². The predicted molar refractivity (Wildman–Crippen MR) is 118 cm³/mol. The molecule has 3 aromatic rings. The monoisotopic (exact) mass is 422 g/mol. The molecule has 0 N–H and O–H groups in total. The predicted octanol–water partition coefficient (Wildman–Crippen LogP) is 3.78. The summed E-state index contributed by atoms with van der Waals surface area (Å²) in [6.45, 7) is 4.94. The lowest BCUT2D eigenvalue weighted by atomic mass is 9.85. The van der Waals surface area contributed by atoms with E-state index in [9.17, 15) is 9.59 Å². The third kappa shape index (κ3) is 2.95. The van der Waals surface area contributed by atoms with Gasteiger partial charge in [0.15, 0.2) is 0 Å². The molecule has 1 spiro atoms. The minimum absolute atomic E-state index is 0.0360. The lowest BCUT2D eigenvalue weighted by molar-refractivity contribution is -0.135. The molecule has 1 unspecified atom stereocenters. The topological polar surface area (TPSA) is 58.4 Å². The fourth-order valence-corrected chi connectivity index (χ4v) is 5.95. The van der Waals surface area contributed by atoms with Gasteiger partial charge in [0.25, 0.3) is 5.91 Å². The van der Waals surface area contributed by atoms with Gasteiger partial charge in [0, 0.05) is 44.2 Å². The SMILES string of the molecule is CCCN1CCC2(CCN(C(=O)c3cc4c(-c5ccccc5)nn(C)c4s3)C2)C1=O. The maximum absolute atomic E-state index is 13.3. The van der Waals surface area contributed by atoms with Crippen LogP contribution in [0.3, 0.4) is 0 Å². The summed E-state index contributed by atoms with van der Waals surface area (Å²) >= 11 is 1.49. The summed E-state index contributed by atoms with van der Waals surface area (Å²) < 4.78 is 1.85. The van der Waals surface area contributed by atoms with Crippen molar-refractivity contribution in [2.45, 2.75) is 26.2 Å². The second-order valence-electron chi connectivity index (χ2n) is 8.47. The molecule has 6 nitrogen and oxygen atoms in total. The first-order chi connectivity index (χ1) is 14.5. The molecular weight excluding hydrogens is 396 g/mol. The average molecular weight is 423 g/mol. The molecule has 5 rings (SSSR count). The van der Waals surface area contributed by atoms with E-state index in [1.807, 2.05) is 57.9 Å². The van der Waals surface area contributed by atoms with E-state index in [2.05, 4.69) is 12.0 Å². The van der Waals surface area contributed by atoms with Gasteiger partial charge in [-0.2, -0.15) is 5.10 Å². The minimum atomic E-state index is -0.363. The normalized spacial score (nSPS) is 21.5. The molecule has 0 radical (unpaired) electrons. The number of aryl methyl sites for hydroxylation is 1. The van der Waals surface area contributed by atoms with Crippen LogP contribution in [0.4, 0.5) is 0 Å². The van der Waals surface area contributed by atoms with E-state index in [4.69, 9.17) is 0 Å². The number of aromatic nitrogens is 2. The molecular formula is C23H26N4O2S. The van der Waals surface area contributed by atoms with Crippen molar-refractivity contribution in [3.63, 3.8) is 0 Å². The van der Waals surface area contributed by atoms with Crippen LogP contribution < -0.4 is 0 Å². The maximum Gasteiger partial charge on any atom is 0.264 e. The zero-order valence-corrected chi connectivity index (χ0v) is 18.2. The lowest BCUT2D eigenvalue weighted by Gasteiger charge is -2.23. The molecule has 7 heteroatoms. The zero-order valence-electron chi connectivity index (χ0n) is 17.4. The van der Waals surface area contributed by atoms with Gasteiger partial charge >= 0.3 is 0 Å². The number of hydrogen-bond donors (Lipinski definition) is 0. The molecule has 2 fully saturated rings. The van der Waals surface area contributed by atoms with Gasteiger partial charge in [-0.1, -0.05) is 37.3 Å². The number of likely N-dealkylation sites (tertiary alicyclic amines) is 2. The van der Waals surface area contributed by atoms with Gasteiger partial charge in [0.1, 0.15) is 10.5 Å². The Bertz CT molecular complexity index is 1120. The van der Waals surface area contributed by atoms with Gasteiger partial charge in [-0.15, -0.1) is 11.3 Å². The Morgan fingerprint density at radius 2 is 1.97 bits per heavy atom. The van der Waals surface area contributed by atoms with Crippen molar-refractivity contribution in [2.24, 2.45) is 12.5 Å². The molecule has 0 aliphatic carbocycles. The number of carbonyl (C=O) groups excluding carboxylic acids is 2. The fourth-order valence-electron chi connectivity index (χ4n) is 4.91. The fraction of sp³-hybridized carbons (Fsp3) is 0.435. The summed E-state index contributed by atoms with van der Waals surface area (Å²) in [5.74, 6) is 0.278. The van der Waals surface area contributed by atoms with E-state index in [1.165, 1.54) is 11.3 Å². The first-order valence-electron chi connectivity index (χ1n) is 10.6. The smallest absolute Gasteiger partial charge is 0.264 e. The van der Waals surface area contributed by atoms with E-state index in [0.29, 0.717) is 13.1 Å². The van der Waals surface area contributed by atoms with E-state index >= 15 is 0 Å². The van der Waals surface area contributed by atoms with Crippen molar-refractivity contribution in [2.75, 3.05) is 26.2 Å². The van der Waals surface area contributed by atoms with E-state index < -0.39 is 0 Å². The lowest BCUT2D eigenvalue weighted by Crippen LogP contribution is -2.38. The van der Waals surface area contributed by atoms with Crippen molar-refractivity contribution in [1.29, 1.82) is 0 Å². The quantitative estimate of drug-likeness (QED) is 0.643. The zero-order chi connectivity index (χ0) is 20.9. The van der Waals surface area contributed by atoms with Crippen LogP contribution in [-0.4, -0.2) is 57.6 Å². The highest BCUT2D eigenvalue weighted by molar-refractivity contribution is 7.20. The summed E-state index contributed by atoms with van der Waals surface area (Å²) in [5, 5.41) is 5.67. The molecule has 2 aromatic heterocycles. The molecule has 2 aliphatic heterocycles. The number of thiophene rings is 1. The Morgan fingerprint density at radius 3 is 2.73 bits per heavy atom. The summed E-state index contributed by atoms with van der Waals surface area (Å²) in [5.41, 5.74) is 1.59. The van der Waals surface area contributed by atoms with Crippen molar-refractivity contribution < 1.29 is 9.59 Å². The number of amides is 2. The summed E-state index contributed by atoms with van der Waals surface area (Å²) in [6.07, 6.45) is 2.62. The van der Waals surface area contributed by atoms with Gasteiger partial charge in [-0.05, 0) is 25.3 Å². The van der Waals surface area contributed by atoms with Crippen LogP contribution >= 0.6 is 11.3 Å². The molecule has 0 saturated carbocycles. The maximum atomic E-state index is 13.3. The van der Waals surface area contributed by atoms with Crippen LogP contribution in [0, 0.1) is 5.41 Å². The Balaban J connectivity index is 1.40. The Hall–Kier alpha value is -2.67. The molecule has 30 heavy (non-hydrogen) atoms. The van der Waals surface area contributed by atoms with Crippen molar-refractivity contribution in [3.8, 4) is 11.3 Å². The second-order valence-corrected chi connectivity index (χ2v) is 9.50. The van der Waals surface area contributed by atoms with Crippen LogP contribution in [0.15, 0.2) is 36.4 Å². The average Bonchev–Trinajstić information content (AvgIpc) is 3.51. The van der Waals surface area contributed by atoms with E-state index in [-0.39, 0.29) is 17.2 Å². The highest BCUT2D eigenvalue weighted by atomic mass is 32.1. The van der Waals surface area contributed by atoms with Crippen molar-refractivity contribution >= 4 is 33.4 Å². The van der Waals surface area contributed by atoms with Gasteiger partial charge < -0.3 is 9.80 Å². The molecule has 1 aromatic carbocycles. The number of fused-ring (bicyclic) bond motifs is 1. The molecule has 2 aliphatic rings. The highest BCUT2D eigenvalue weighted by Crippen LogP contribution is 2.42. The van der Waals surface area contributed by atoms with E-state index in [0.717, 1.165) is 58.7 Å². The third-order valence-electron chi connectivity index (χ3n) is 6.51. The Morgan fingerprint density at radius 1 is 1.20 bits per heavy atom. The number of benzene rings is 1. The van der Waals surface area contributed by atoms with Crippen LogP contribution in [0.1, 0.15) is 35.9 Å². The molecule has 2 amide bonds.